The van der Waals surface area contributed by atoms with Crippen molar-refractivity contribution in [1.29, 1.82) is 0 Å². The van der Waals surface area contributed by atoms with E-state index in [4.69, 9.17) is 0 Å². The Bertz CT molecular complexity index is 1000. The molecule has 1 aliphatic rings. The number of carbonyl (C=O) groups is 1. The van der Waals surface area contributed by atoms with Crippen LogP contribution in [-0.2, 0) is 27.8 Å². The number of nitrogens with zero attached hydrogens (tertiary/aromatic N) is 2. The van der Waals surface area contributed by atoms with Gasteiger partial charge in [0.25, 0.3) is 0 Å². The molecular formula is C22H27FN2O3S. The Morgan fingerprint density at radius 3 is 2.59 bits per heavy atom. The number of fused-ring (bicyclic) bond motifs is 1. The second-order valence-electron chi connectivity index (χ2n) is 7.85. The maximum Gasteiger partial charge on any atom is 0.243 e. The molecule has 0 radical (unpaired) electrons. The fourth-order valence-corrected chi connectivity index (χ4v) is 5.26. The summed E-state index contributed by atoms with van der Waals surface area (Å²) in [5.74, 6) is -0.460. The Morgan fingerprint density at radius 1 is 1.21 bits per heavy atom. The van der Waals surface area contributed by atoms with Gasteiger partial charge in [0.05, 0.1) is 4.90 Å². The number of halogens is 1. The quantitative estimate of drug-likeness (QED) is 0.713. The molecule has 156 valence electrons. The highest BCUT2D eigenvalue weighted by molar-refractivity contribution is 7.89. The van der Waals surface area contributed by atoms with Crippen molar-refractivity contribution in [3.05, 3.63) is 59.4 Å². The zero-order chi connectivity index (χ0) is 21.2. The van der Waals surface area contributed by atoms with Crippen molar-refractivity contribution in [1.82, 2.24) is 4.31 Å². The van der Waals surface area contributed by atoms with Crippen LogP contribution < -0.4 is 4.90 Å². The van der Waals surface area contributed by atoms with Gasteiger partial charge in [-0.3, -0.25) is 4.79 Å². The van der Waals surface area contributed by atoms with Crippen molar-refractivity contribution in [2.45, 2.75) is 45.1 Å². The van der Waals surface area contributed by atoms with E-state index in [2.05, 4.69) is 0 Å². The third kappa shape index (κ3) is 4.67. The largest absolute Gasteiger partial charge is 0.312 e. The number of amides is 1. The molecule has 0 aromatic heterocycles. The SMILES string of the molecule is CC(=O)N1CCCc2ccc(S(=O)(=O)N(Cc3ccccc3F)CC(C)C)cc21. The molecule has 0 atom stereocenters. The maximum absolute atomic E-state index is 14.2. The molecule has 0 saturated heterocycles. The van der Waals surface area contributed by atoms with Crippen molar-refractivity contribution in [2.75, 3.05) is 18.0 Å². The molecule has 5 nitrogen and oxygen atoms in total. The highest BCUT2D eigenvalue weighted by atomic mass is 32.2. The molecule has 2 aromatic carbocycles. The lowest BCUT2D eigenvalue weighted by Gasteiger charge is -2.30. The normalized spacial score (nSPS) is 14.3. The van der Waals surface area contributed by atoms with Gasteiger partial charge in [0.15, 0.2) is 0 Å². The van der Waals surface area contributed by atoms with Gasteiger partial charge >= 0.3 is 0 Å². The summed E-state index contributed by atoms with van der Waals surface area (Å²) in [6.45, 7) is 6.14. The number of hydrogen-bond donors (Lipinski definition) is 0. The summed E-state index contributed by atoms with van der Waals surface area (Å²) in [6.07, 6.45) is 1.66. The first kappa shape index (κ1) is 21.5. The summed E-state index contributed by atoms with van der Waals surface area (Å²) in [4.78, 5) is 13.8. The maximum atomic E-state index is 14.2. The number of carbonyl (C=O) groups excluding carboxylic acids is 1. The molecule has 7 heteroatoms. The third-order valence-electron chi connectivity index (χ3n) is 5.07. The van der Waals surface area contributed by atoms with Gasteiger partial charge in [-0.25, -0.2) is 12.8 Å². The number of anilines is 1. The minimum absolute atomic E-state index is 0.0410. The zero-order valence-corrected chi connectivity index (χ0v) is 17.9. The standard InChI is InChI=1S/C22H27FN2O3S/c1-16(2)14-24(15-19-7-4-5-9-21(19)23)29(27,28)20-11-10-18-8-6-12-25(17(3)26)22(18)13-20/h4-5,7,9-11,13,16H,6,8,12,14-15H2,1-3H3. The summed E-state index contributed by atoms with van der Waals surface area (Å²) >= 11 is 0. The van der Waals surface area contributed by atoms with Crippen LogP contribution in [0.3, 0.4) is 0 Å². The van der Waals surface area contributed by atoms with E-state index in [-0.39, 0.29) is 29.8 Å². The lowest BCUT2D eigenvalue weighted by atomic mass is 10.0. The van der Waals surface area contributed by atoms with Gasteiger partial charge < -0.3 is 4.90 Å². The average Bonchev–Trinajstić information content (AvgIpc) is 2.67. The van der Waals surface area contributed by atoms with E-state index < -0.39 is 15.8 Å². The molecule has 1 amide bonds. The van der Waals surface area contributed by atoms with Crippen LogP contribution in [0.4, 0.5) is 10.1 Å². The second kappa shape index (κ2) is 8.63. The minimum Gasteiger partial charge on any atom is -0.312 e. The summed E-state index contributed by atoms with van der Waals surface area (Å²) < 4.78 is 42.4. The van der Waals surface area contributed by atoms with Gasteiger partial charge in [-0.1, -0.05) is 38.1 Å². The van der Waals surface area contributed by atoms with Gasteiger partial charge in [0, 0.05) is 37.8 Å². The molecule has 0 N–H and O–H groups in total. The van der Waals surface area contributed by atoms with Crippen molar-refractivity contribution < 1.29 is 17.6 Å². The van der Waals surface area contributed by atoms with E-state index in [1.807, 2.05) is 13.8 Å². The van der Waals surface area contributed by atoms with Gasteiger partial charge in [0.2, 0.25) is 15.9 Å². The second-order valence-corrected chi connectivity index (χ2v) is 9.79. The van der Waals surface area contributed by atoms with Crippen LogP contribution in [0.2, 0.25) is 0 Å². The van der Waals surface area contributed by atoms with Gasteiger partial charge in [-0.2, -0.15) is 4.31 Å². The van der Waals surface area contributed by atoms with Gasteiger partial charge in [0.1, 0.15) is 5.82 Å². The van der Waals surface area contributed by atoms with Crippen LogP contribution in [0, 0.1) is 11.7 Å². The highest BCUT2D eigenvalue weighted by Gasteiger charge is 2.29. The van der Waals surface area contributed by atoms with Gasteiger partial charge in [-0.15, -0.1) is 0 Å². The van der Waals surface area contributed by atoms with E-state index in [0.717, 1.165) is 18.4 Å². The Kier molecular flexibility index (Phi) is 6.39. The first-order valence-corrected chi connectivity index (χ1v) is 11.3. The molecule has 0 fully saturated rings. The molecule has 2 aromatic rings. The van der Waals surface area contributed by atoms with Crippen molar-refractivity contribution in [2.24, 2.45) is 5.92 Å². The van der Waals surface area contributed by atoms with Crippen LogP contribution in [0.25, 0.3) is 0 Å². The molecule has 0 aliphatic carbocycles. The molecular weight excluding hydrogens is 391 g/mol. The lowest BCUT2D eigenvalue weighted by Crippen LogP contribution is -2.36. The predicted molar refractivity (Wildman–Crippen MR) is 112 cm³/mol. The van der Waals surface area contributed by atoms with Gasteiger partial charge in [-0.05, 0) is 42.5 Å². The molecule has 0 bridgehead atoms. The smallest absolute Gasteiger partial charge is 0.243 e. The number of rotatable bonds is 6. The van der Waals surface area contributed by atoms with E-state index in [1.54, 1.807) is 41.3 Å². The molecule has 1 heterocycles. The summed E-state index contributed by atoms with van der Waals surface area (Å²) in [5, 5.41) is 0. The van der Waals surface area contributed by atoms with E-state index in [9.17, 15) is 17.6 Å². The molecule has 29 heavy (non-hydrogen) atoms. The van der Waals surface area contributed by atoms with Crippen LogP contribution in [-0.4, -0.2) is 31.7 Å². The summed E-state index contributed by atoms with van der Waals surface area (Å²) in [5.41, 5.74) is 1.95. The van der Waals surface area contributed by atoms with Crippen LogP contribution in [0.5, 0.6) is 0 Å². The topological polar surface area (TPSA) is 57.7 Å². The Hall–Kier alpha value is -2.25. The van der Waals surface area contributed by atoms with Crippen molar-refractivity contribution >= 4 is 21.6 Å². The molecule has 0 saturated carbocycles. The Balaban J connectivity index is 2.01. The summed E-state index contributed by atoms with van der Waals surface area (Å²) in [6, 6.07) is 11.2. The fraction of sp³-hybridized carbons (Fsp3) is 0.409. The van der Waals surface area contributed by atoms with Crippen molar-refractivity contribution in [3.8, 4) is 0 Å². The summed E-state index contributed by atoms with van der Waals surface area (Å²) in [7, 11) is -3.86. The van der Waals surface area contributed by atoms with Crippen LogP contribution >= 0.6 is 0 Å². The lowest BCUT2D eigenvalue weighted by molar-refractivity contribution is -0.116. The van der Waals surface area contributed by atoms with Crippen LogP contribution in [0.1, 0.15) is 38.3 Å². The molecule has 0 spiro atoms. The predicted octanol–water partition coefficient (Wildman–Crippen LogP) is 3.97. The number of aryl methyl sites for hydroxylation is 1. The van der Waals surface area contributed by atoms with E-state index in [1.165, 1.54) is 17.3 Å². The van der Waals surface area contributed by atoms with Crippen molar-refractivity contribution in [3.63, 3.8) is 0 Å². The number of sulfonamides is 1. The first-order valence-electron chi connectivity index (χ1n) is 9.84. The molecule has 1 aliphatic heterocycles. The highest BCUT2D eigenvalue weighted by Crippen LogP contribution is 2.31. The average molecular weight is 419 g/mol. The van der Waals surface area contributed by atoms with Crippen LogP contribution in [0.15, 0.2) is 47.4 Å². The third-order valence-corrected chi connectivity index (χ3v) is 6.87. The number of hydrogen-bond acceptors (Lipinski definition) is 3. The monoisotopic (exact) mass is 418 g/mol. The Labute approximate surface area is 172 Å². The first-order chi connectivity index (χ1) is 13.7. The molecule has 0 unspecified atom stereocenters. The Morgan fingerprint density at radius 2 is 1.93 bits per heavy atom. The number of benzene rings is 2. The fourth-order valence-electron chi connectivity index (χ4n) is 3.66. The van der Waals surface area contributed by atoms with E-state index in [0.29, 0.717) is 17.8 Å². The zero-order valence-electron chi connectivity index (χ0n) is 17.1. The molecule has 3 rings (SSSR count). The van der Waals surface area contributed by atoms with E-state index >= 15 is 0 Å². The minimum atomic E-state index is -3.86.